The predicted octanol–water partition coefficient (Wildman–Crippen LogP) is 1.75. The van der Waals surface area contributed by atoms with Crippen LogP contribution in [0.2, 0.25) is 0 Å². The summed E-state index contributed by atoms with van der Waals surface area (Å²) in [5.41, 5.74) is 8.57. The van der Waals surface area contributed by atoms with Gasteiger partial charge in [0.1, 0.15) is 16.2 Å². The zero-order chi connectivity index (χ0) is 26.3. The summed E-state index contributed by atoms with van der Waals surface area (Å²) < 4.78 is 5.46. The van der Waals surface area contributed by atoms with Gasteiger partial charge in [0.25, 0.3) is 22.3 Å². The van der Waals surface area contributed by atoms with E-state index in [-0.39, 0.29) is 23.6 Å². The molecule has 0 bridgehead atoms. The largest absolute Gasteiger partial charge is 0.394 e. The van der Waals surface area contributed by atoms with Crippen molar-refractivity contribution < 1.29 is 9.53 Å². The van der Waals surface area contributed by atoms with Gasteiger partial charge < -0.3 is 25.7 Å². The van der Waals surface area contributed by atoms with Crippen LogP contribution in [0.25, 0.3) is 10.2 Å². The van der Waals surface area contributed by atoms with Crippen LogP contribution < -0.4 is 32.4 Å². The van der Waals surface area contributed by atoms with E-state index in [0.29, 0.717) is 48.6 Å². The van der Waals surface area contributed by atoms with E-state index in [2.05, 4.69) is 15.3 Å². The van der Waals surface area contributed by atoms with Gasteiger partial charge in [0, 0.05) is 24.5 Å². The molecule has 0 spiro atoms. The lowest BCUT2D eigenvalue weighted by atomic mass is 9.96. The molecule has 0 fully saturated rings. The number of nitrogens with two attached hydrogens (primary N) is 1. The van der Waals surface area contributed by atoms with Crippen molar-refractivity contribution in [3.05, 3.63) is 82.0 Å². The fourth-order valence-corrected chi connectivity index (χ4v) is 5.98. The summed E-state index contributed by atoms with van der Waals surface area (Å²) in [6.45, 7) is 6.34. The Morgan fingerprint density at radius 3 is 2.78 bits per heavy atom. The van der Waals surface area contributed by atoms with Gasteiger partial charge in [-0.25, -0.2) is 4.98 Å². The van der Waals surface area contributed by atoms with Gasteiger partial charge >= 0.3 is 0 Å². The third-order valence-electron chi connectivity index (χ3n) is 6.66. The Morgan fingerprint density at radius 1 is 1.19 bits per heavy atom. The number of thiophene rings is 1. The molecule has 37 heavy (non-hydrogen) atoms. The monoisotopic (exact) mass is 521 g/mol. The van der Waals surface area contributed by atoms with Gasteiger partial charge in [0.15, 0.2) is 0 Å². The van der Waals surface area contributed by atoms with Gasteiger partial charge in [-0.15, -0.1) is 11.3 Å². The number of fused-ring (bicyclic) bond motifs is 4. The molecule has 2 aromatic heterocycles. The minimum atomic E-state index is -0.622. The predicted molar refractivity (Wildman–Crippen MR) is 143 cm³/mol. The first-order valence-electron chi connectivity index (χ1n) is 12.3. The summed E-state index contributed by atoms with van der Waals surface area (Å²) in [6, 6.07) is 5.91. The van der Waals surface area contributed by atoms with Crippen molar-refractivity contribution in [2.75, 3.05) is 23.8 Å². The van der Waals surface area contributed by atoms with E-state index < -0.39 is 16.8 Å². The van der Waals surface area contributed by atoms with Crippen molar-refractivity contribution >= 4 is 38.8 Å². The van der Waals surface area contributed by atoms with Gasteiger partial charge in [-0.2, -0.15) is 0 Å². The molecule has 0 saturated heterocycles. The maximum Gasteiger partial charge on any atom is 0.287 e. The molecule has 10 nitrogen and oxygen atoms in total. The molecule has 0 unspecified atom stereocenters. The number of H-pyrrole nitrogens is 1. The highest BCUT2D eigenvalue weighted by molar-refractivity contribution is 7.18. The molecule has 11 heteroatoms. The summed E-state index contributed by atoms with van der Waals surface area (Å²) in [7, 11) is 0. The normalized spacial score (nSPS) is 14.6. The average molecular weight is 522 g/mol. The third-order valence-corrected chi connectivity index (χ3v) is 7.76. The van der Waals surface area contributed by atoms with Crippen LogP contribution in [0.4, 0.5) is 11.4 Å². The second-order valence-electron chi connectivity index (χ2n) is 8.78. The van der Waals surface area contributed by atoms with E-state index >= 15 is 0 Å². The number of rotatable bonds is 4. The molecule has 2 aliphatic rings. The maximum atomic E-state index is 12.8. The molecular weight excluding hydrogens is 494 g/mol. The van der Waals surface area contributed by atoms with Gasteiger partial charge in [0.05, 0.1) is 18.6 Å². The number of nitrogens with one attached hydrogen (secondary N) is 2. The molecule has 2 aromatic carbocycles. The summed E-state index contributed by atoms with van der Waals surface area (Å²) in [5.74, 6) is -0.496. The maximum absolute atomic E-state index is 12.8. The number of ether oxygens (including phenoxy) is 1. The Bertz CT molecular complexity index is 1650. The molecular formula is C26H27N5O5S. The van der Waals surface area contributed by atoms with E-state index in [1.54, 1.807) is 0 Å². The lowest BCUT2D eigenvalue weighted by molar-refractivity contribution is 0.0940. The number of aromatic nitrogens is 2. The minimum Gasteiger partial charge on any atom is -0.394 e. The van der Waals surface area contributed by atoms with Crippen molar-refractivity contribution in [3.8, 4) is 0 Å². The number of aromatic amines is 1. The van der Waals surface area contributed by atoms with Crippen molar-refractivity contribution in [2.24, 2.45) is 0 Å². The third kappa shape index (κ3) is 4.34. The molecule has 2 aliphatic heterocycles. The quantitative estimate of drug-likeness (QED) is 0.344. The first-order valence-corrected chi connectivity index (χ1v) is 13.1. The number of carbonyl (C=O) groups is 1. The number of amides is 1. The Balaban J connectivity index is 0.00000137. The van der Waals surface area contributed by atoms with E-state index in [1.807, 2.05) is 36.9 Å². The van der Waals surface area contributed by atoms with Crippen LogP contribution >= 0.6 is 11.3 Å². The van der Waals surface area contributed by atoms with E-state index in [0.717, 1.165) is 33.6 Å². The SMILES string of the molecule is CC.Nc1c(N2CCc3ccc(CNC(=O)c4nc5sc6c(c5c(=O)[nH]4)CCOC6)cc3C2)c(=O)c1=O. The van der Waals surface area contributed by atoms with Crippen LogP contribution in [0.5, 0.6) is 0 Å². The summed E-state index contributed by atoms with van der Waals surface area (Å²) in [6.07, 6.45) is 1.39. The topological polar surface area (TPSA) is 147 Å². The number of nitrogen functional groups attached to an aromatic ring is 1. The molecule has 1 amide bonds. The van der Waals surface area contributed by atoms with Crippen LogP contribution in [0.1, 0.15) is 51.6 Å². The van der Waals surface area contributed by atoms with Crippen LogP contribution in [-0.2, 0) is 37.3 Å². The van der Waals surface area contributed by atoms with Crippen molar-refractivity contribution in [1.29, 1.82) is 0 Å². The zero-order valence-corrected chi connectivity index (χ0v) is 21.4. The van der Waals surface area contributed by atoms with Crippen molar-refractivity contribution in [1.82, 2.24) is 15.3 Å². The van der Waals surface area contributed by atoms with Crippen LogP contribution in [0, 0.1) is 0 Å². The number of benzene rings is 1. The Morgan fingerprint density at radius 2 is 2.00 bits per heavy atom. The van der Waals surface area contributed by atoms with E-state index in [1.165, 1.54) is 11.3 Å². The number of nitrogens with zero attached hydrogens (tertiary/aromatic N) is 2. The average Bonchev–Trinajstić information content (AvgIpc) is 3.31. The number of carbonyl (C=O) groups excluding carboxylic acids is 1. The number of hydrogen-bond acceptors (Lipinski definition) is 9. The van der Waals surface area contributed by atoms with Crippen molar-refractivity contribution in [3.63, 3.8) is 0 Å². The van der Waals surface area contributed by atoms with Crippen LogP contribution in [0.15, 0.2) is 32.6 Å². The molecule has 0 saturated carbocycles. The molecule has 0 aliphatic carbocycles. The zero-order valence-electron chi connectivity index (χ0n) is 20.6. The van der Waals surface area contributed by atoms with Crippen molar-refractivity contribution in [2.45, 2.75) is 46.4 Å². The van der Waals surface area contributed by atoms with Gasteiger partial charge in [0.2, 0.25) is 5.82 Å². The summed E-state index contributed by atoms with van der Waals surface area (Å²) in [5, 5.41) is 3.37. The standard InChI is InChI=1S/C24H21N5O5S.C2H6/c25-17-18(20(31)19(17)30)29-5-3-12-2-1-11(7-13(12)9-29)8-26-23(33)21-27-22(32)16-14-4-6-34-10-15(14)35-24(16)28-21;1-2/h1-2,7H,3-6,8-10,25H2,(H,26,33)(H,27,28,32);1-2H3. The van der Waals surface area contributed by atoms with Gasteiger partial charge in [-0.05, 0) is 35.1 Å². The fourth-order valence-electron chi connectivity index (χ4n) is 4.83. The van der Waals surface area contributed by atoms with E-state index in [9.17, 15) is 19.2 Å². The smallest absolute Gasteiger partial charge is 0.287 e. The first-order chi connectivity index (χ1) is 17.9. The molecule has 0 radical (unpaired) electrons. The second-order valence-corrected chi connectivity index (χ2v) is 9.86. The fraction of sp³-hybridized carbons (Fsp3) is 0.346. The van der Waals surface area contributed by atoms with Crippen LogP contribution in [-0.4, -0.2) is 29.0 Å². The molecule has 192 valence electrons. The van der Waals surface area contributed by atoms with Gasteiger partial charge in [-0.3, -0.25) is 19.2 Å². The summed E-state index contributed by atoms with van der Waals surface area (Å²) >= 11 is 1.39. The molecule has 4 N–H and O–H groups in total. The molecule has 6 rings (SSSR count). The molecule has 4 heterocycles. The Labute approximate surface area is 215 Å². The lowest BCUT2D eigenvalue weighted by Gasteiger charge is -2.32. The second kappa shape index (κ2) is 9.91. The van der Waals surface area contributed by atoms with Gasteiger partial charge in [-0.1, -0.05) is 32.0 Å². The highest BCUT2D eigenvalue weighted by atomic mass is 32.1. The Hall–Kier alpha value is -3.83. The van der Waals surface area contributed by atoms with Crippen LogP contribution in [0.3, 0.4) is 0 Å². The summed E-state index contributed by atoms with van der Waals surface area (Å²) in [4.78, 5) is 59.2. The number of anilines is 2. The minimum absolute atomic E-state index is 0.0262. The highest BCUT2D eigenvalue weighted by Gasteiger charge is 2.27. The lowest BCUT2D eigenvalue weighted by Crippen LogP contribution is -2.44. The molecule has 4 aromatic rings. The first kappa shape index (κ1) is 24.8. The Kier molecular flexibility index (Phi) is 6.65. The molecule has 0 atom stereocenters. The number of hydrogen-bond donors (Lipinski definition) is 3. The van der Waals surface area contributed by atoms with E-state index in [4.69, 9.17) is 10.5 Å². The highest BCUT2D eigenvalue weighted by Crippen LogP contribution is 2.31.